The first-order valence-corrected chi connectivity index (χ1v) is 6.01. The van der Waals surface area contributed by atoms with Crippen LogP contribution in [-0.2, 0) is 9.54 Å². The summed E-state index contributed by atoms with van der Waals surface area (Å²) >= 11 is 1.53. The molecule has 0 N–H and O–H groups in total. The lowest BCUT2D eigenvalue weighted by Gasteiger charge is -2.19. The molecule has 0 bridgehead atoms. The van der Waals surface area contributed by atoms with Crippen molar-refractivity contribution in [3.8, 4) is 6.07 Å². The van der Waals surface area contributed by atoms with Crippen LogP contribution in [-0.4, -0.2) is 11.0 Å². The second-order valence-corrected chi connectivity index (χ2v) is 5.27. The lowest BCUT2D eigenvalue weighted by molar-refractivity contribution is -0.119. The second-order valence-electron chi connectivity index (χ2n) is 3.66. The predicted molar refractivity (Wildman–Crippen MR) is 70.8 cm³/mol. The van der Waals surface area contributed by atoms with Gasteiger partial charge in [-0.05, 0) is 19.4 Å². The standard InChI is InChI=1S/C11H11NOS.C2H3N/c1-8-12-10(13)11(2,14-8)9-6-4-3-5-7-9;1-2-3/h3-7H,1-2H3;1H3. The summed E-state index contributed by atoms with van der Waals surface area (Å²) in [6, 6.07) is 11.5. The summed E-state index contributed by atoms with van der Waals surface area (Å²) in [5.74, 6) is -0.0498. The van der Waals surface area contributed by atoms with Crippen molar-refractivity contribution in [1.82, 2.24) is 0 Å². The second kappa shape index (κ2) is 5.65. The summed E-state index contributed by atoms with van der Waals surface area (Å²) in [5.41, 5.74) is 1.02. The van der Waals surface area contributed by atoms with Crippen LogP contribution in [0.25, 0.3) is 0 Å². The van der Waals surface area contributed by atoms with E-state index in [0.29, 0.717) is 0 Å². The van der Waals surface area contributed by atoms with Crippen LogP contribution in [0, 0.1) is 11.3 Å². The van der Waals surface area contributed by atoms with Crippen molar-refractivity contribution in [3.05, 3.63) is 35.9 Å². The van der Waals surface area contributed by atoms with Gasteiger partial charge in [-0.15, -0.1) is 0 Å². The van der Waals surface area contributed by atoms with Gasteiger partial charge in [0.25, 0.3) is 5.91 Å². The number of rotatable bonds is 1. The molecule has 1 atom stereocenters. The largest absolute Gasteiger partial charge is 0.271 e. The molecule has 17 heavy (non-hydrogen) atoms. The number of carbonyl (C=O) groups excluding carboxylic acids is 1. The fourth-order valence-corrected chi connectivity index (χ4v) is 2.66. The van der Waals surface area contributed by atoms with Crippen molar-refractivity contribution in [1.29, 1.82) is 5.26 Å². The lowest BCUT2D eigenvalue weighted by atomic mass is 10.00. The Morgan fingerprint density at radius 1 is 1.35 bits per heavy atom. The van der Waals surface area contributed by atoms with E-state index in [0.717, 1.165) is 10.6 Å². The van der Waals surface area contributed by atoms with Gasteiger partial charge in [0.05, 0.1) is 11.1 Å². The summed E-state index contributed by atoms with van der Waals surface area (Å²) in [7, 11) is 0. The van der Waals surface area contributed by atoms with Gasteiger partial charge in [-0.3, -0.25) is 4.79 Å². The number of thioether (sulfide) groups is 1. The van der Waals surface area contributed by atoms with Crippen LogP contribution in [0.3, 0.4) is 0 Å². The van der Waals surface area contributed by atoms with Crippen LogP contribution in [0.4, 0.5) is 0 Å². The zero-order valence-corrected chi connectivity index (χ0v) is 10.9. The quantitative estimate of drug-likeness (QED) is 0.765. The summed E-state index contributed by atoms with van der Waals surface area (Å²) in [4.78, 5) is 15.7. The number of aliphatic imine (C=N–C) groups is 1. The molecule has 1 aliphatic heterocycles. The third kappa shape index (κ3) is 2.95. The van der Waals surface area contributed by atoms with Gasteiger partial charge in [0.2, 0.25) is 0 Å². The molecule has 0 spiro atoms. The van der Waals surface area contributed by atoms with Gasteiger partial charge in [-0.2, -0.15) is 5.26 Å². The zero-order valence-electron chi connectivity index (χ0n) is 10.1. The van der Waals surface area contributed by atoms with Gasteiger partial charge in [0, 0.05) is 6.92 Å². The van der Waals surface area contributed by atoms with Crippen molar-refractivity contribution < 1.29 is 4.79 Å². The number of benzene rings is 1. The minimum Gasteiger partial charge on any atom is -0.271 e. The molecule has 1 aromatic carbocycles. The highest BCUT2D eigenvalue weighted by atomic mass is 32.2. The summed E-state index contributed by atoms with van der Waals surface area (Å²) in [6.45, 7) is 5.23. The third-order valence-corrected chi connectivity index (χ3v) is 3.55. The zero-order chi connectivity index (χ0) is 12.9. The lowest BCUT2D eigenvalue weighted by Crippen LogP contribution is -2.23. The molecule has 4 heteroatoms. The van der Waals surface area contributed by atoms with Crippen LogP contribution in [0.5, 0.6) is 0 Å². The summed E-state index contributed by atoms with van der Waals surface area (Å²) < 4.78 is -0.509. The smallest absolute Gasteiger partial charge is 0.267 e. The van der Waals surface area contributed by atoms with Crippen molar-refractivity contribution in [3.63, 3.8) is 0 Å². The maximum atomic E-state index is 11.7. The first-order valence-electron chi connectivity index (χ1n) is 5.19. The van der Waals surface area contributed by atoms with E-state index in [1.807, 2.05) is 44.2 Å². The van der Waals surface area contributed by atoms with Crippen LogP contribution < -0.4 is 0 Å². The van der Waals surface area contributed by atoms with Gasteiger partial charge in [0.15, 0.2) is 0 Å². The van der Waals surface area contributed by atoms with Crippen molar-refractivity contribution in [2.75, 3.05) is 0 Å². The molecular weight excluding hydrogens is 232 g/mol. The number of carbonyl (C=O) groups is 1. The molecule has 88 valence electrons. The average molecular weight is 246 g/mol. The molecule has 1 amide bonds. The Labute approximate surface area is 106 Å². The van der Waals surface area contributed by atoms with Crippen LogP contribution in [0.1, 0.15) is 26.3 Å². The molecule has 0 aliphatic carbocycles. The maximum absolute atomic E-state index is 11.7. The van der Waals surface area contributed by atoms with E-state index in [2.05, 4.69) is 4.99 Å². The number of hydrogen-bond acceptors (Lipinski definition) is 3. The van der Waals surface area contributed by atoms with Gasteiger partial charge in [-0.25, -0.2) is 4.99 Å². The van der Waals surface area contributed by atoms with E-state index in [9.17, 15) is 4.79 Å². The number of hydrogen-bond donors (Lipinski definition) is 0. The van der Waals surface area contributed by atoms with Gasteiger partial charge in [0.1, 0.15) is 4.75 Å². The molecule has 0 radical (unpaired) electrons. The molecule has 1 unspecified atom stereocenters. The summed E-state index contributed by atoms with van der Waals surface area (Å²) in [6.07, 6.45) is 0. The Morgan fingerprint density at radius 3 is 2.29 bits per heavy atom. The highest BCUT2D eigenvalue weighted by Crippen LogP contribution is 2.42. The number of amides is 1. The van der Waals surface area contributed by atoms with Crippen LogP contribution >= 0.6 is 11.8 Å². The maximum Gasteiger partial charge on any atom is 0.267 e. The van der Waals surface area contributed by atoms with Crippen LogP contribution in [0.15, 0.2) is 35.3 Å². The number of nitriles is 1. The van der Waals surface area contributed by atoms with Gasteiger partial charge >= 0.3 is 0 Å². The van der Waals surface area contributed by atoms with E-state index in [4.69, 9.17) is 5.26 Å². The summed E-state index contributed by atoms with van der Waals surface area (Å²) in [5, 5.41) is 8.17. The molecule has 1 aromatic rings. The highest BCUT2D eigenvalue weighted by molar-refractivity contribution is 8.15. The average Bonchev–Trinajstić information content (AvgIpc) is 2.56. The van der Waals surface area contributed by atoms with E-state index < -0.39 is 4.75 Å². The molecule has 1 heterocycles. The van der Waals surface area contributed by atoms with E-state index >= 15 is 0 Å². The van der Waals surface area contributed by atoms with Crippen molar-refractivity contribution in [2.45, 2.75) is 25.5 Å². The van der Waals surface area contributed by atoms with Crippen molar-refractivity contribution >= 4 is 22.7 Å². The van der Waals surface area contributed by atoms with E-state index in [1.54, 1.807) is 6.07 Å². The molecule has 3 nitrogen and oxygen atoms in total. The number of nitrogens with zero attached hydrogens (tertiary/aromatic N) is 2. The van der Waals surface area contributed by atoms with E-state index in [-0.39, 0.29) is 5.91 Å². The fraction of sp³-hybridized carbons (Fsp3) is 0.308. The Bertz CT molecular complexity index is 476. The molecule has 0 fully saturated rings. The topological polar surface area (TPSA) is 53.2 Å². The first-order chi connectivity index (χ1) is 8.04. The predicted octanol–water partition coefficient (Wildman–Crippen LogP) is 3.12. The van der Waals surface area contributed by atoms with Gasteiger partial charge < -0.3 is 0 Å². The van der Waals surface area contributed by atoms with Gasteiger partial charge in [-0.1, -0.05) is 42.1 Å². The molecule has 0 saturated carbocycles. The SMILES string of the molecule is CC#N.CC1=NC(=O)C(C)(c2ccccc2)S1. The van der Waals surface area contributed by atoms with E-state index in [1.165, 1.54) is 18.7 Å². The minimum atomic E-state index is -0.509. The van der Waals surface area contributed by atoms with Crippen molar-refractivity contribution in [2.24, 2.45) is 4.99 Å². The highest BCUT2D eigenvalue weighted by Gasteiger charge is 2.40. The molecule has 1 aliphatic rings. The molecule has 0 aromatic heterocycles. The first kappa shape index (κ1) is 13.5. The Kier molecular flexibility index (Phi) is 4.47. The minimum absolute atomic E-state index is 0.0498. The Balaban J connectivity index is 0.000000437. The molecular formula is C13H14N2OS. The normalized spacial score (nSPS) is 22.2. The third-order valence-electron chi connectivity index (χ3n) is 2.34. The molecule has 0 saturated heterocycles. The fourth-order valence-electron chi connectivity index (χ4n) is 1.55. The monoisotopic (exact) mass is 246 g/mol. The molecule has 2 rings (SSSR count). The van der Waals surface area contributed by atoms with Crippen LogP contribution in [0.2, 0.25) is 0 Å². The Hall–Kier alpha value is -1.60. The Morgan fingerprint density at radius 2 is 1.88 bits per heavy atom.